The average molecular weight is 180 g/mol. The van der Waals surface area contributed by atoms with E-state index in [4.69, 9.17) is 4.84 Å². The van der Waals surface area contributed by atoms with Gasteiger partial charge in [-0.15, -0.1) is 6.58 Å². The number of nitrogens with zero attached hydrogens (tertiary/aromatic N) is 2. The van der Waals surface area contributed by atoms with Crippen molar-refractivity contribution in [2.45, 2.75) is 13.3 Å². The third kappa shape index (κ3) is 2.74. The fourth-order valence-electron chi connectivity index (χ4n) is 0.841. The molecule has 1 aromatic rings. The molecule has 13 heavy (non-hydrogen) atoms. The smallest absolute Gasteiger partial charge is 0.335 e. The number of hydrogen-bond donors (Lipinski definition) is 0. The Morgan fingerprint density at radius 1 is 1.85 bits per heavy atom. The van der Waals surface area contributed by atoms with Crippen molar-refractivity contribution in [3.63, 3.8) is 0 Å². The van der Waals surface area contributed by atoms with Crippen molar-refractivity contribution in [1.29, 1.82) is 0 Å². The molecular formula is C9H12N2O2. The van der Waals surface area contributed by atoms with Crippen LogP contribution in [-0.4, -0.2) is 15.7 Å². The lowest BCUT2D eigenvalue weighted by atomic mass is 10.1. The number of aromatic nitrogens is 2. The van der Waals surface area contributed by atoms with Gasteiger partial charge in [-0.25, -0.2) is 9.78 Å². The molecule has 1 rings (SSSR count). The molecule has 1 unspecified atom stereocenters. The minimum atomic E-state index is -0.280. The van der Waals surface area contributed by atoms with Crippen LogP contribution in [0, 0.1) is 5.92 Å². The van der Waals surface area contributed by atoms with Crippen LogP contribution < -0.4 is 4.84 Å². The van der Waals surface area contributed by atoms with Crippen LogP contribution in [0.5, 0.6) is 0 Å². The Kier molecular flexibility index (Phi) is 3.25. The van der Waals surface area contributed by atoms with Crippen LogP contribution in [0.4, 0.5) is 0 Å². The zero-order valence-corrected chi connectivity index (χ0v) is 7.51. The van der Waals surface area contributed by atoms with E-state index in [9.17, 15) is 4.79 Å². The van der Waals surface area contributed by atoms with Gasteiger partial charge in [0.2, 0.25) is 0 Å². The number of imidazole rings is 1. The molecule has 1 atom stereocenters. The van der Waals surface area contributed by atoms with Gasteiger partial charge in [0.05, 0.1) is 12.1 Å². The Bertz CT molecular complexity index is 280. The quantitative estimate of drug-likeness (QED) is 0.650. The average Bonchev–Trinajstić information content (AvgIpc) is 2.57. The number of carbonyl (C=O) groups excluding carboxylic acids is 1. The summed E-state index contributed by atoms with van der Waals surface area (Å²) in [5, 5.41) is 0. The molecule has 0 bridgehead atoms. The van der Waals surface area contributed by atoms with Crippen LogP contribution in [0.25, 0.3) is 0 Å². The second kappa shape index (κ2) is 4.45. The maximum atomic E-state index is 11.3. The van der Waals surface area contributed by atoms with Gasteiger partial charge in [-0.1, -0.05) is 13.0 Å². The normalized spacial score (nSPS) is 12.1. The van der Waals surface area contributed by atoms with Crippen molar-refractivity contribution < 1.29 is 9.63 Å². The molecule has 70 valence electrons. The number of hydrogen-bond acceptors (Lipinski definition) is 3. The van der Waals surface area contributed by atoms with E-state index in [2.05, 4.69) is 11.6 Å². The first kappa shape index (κ1) is 9.51. The van der Waals surface area contributed by atoms with Crippen LogP contribution in [0.1, 0.15) is 13.3 Å². The SMILES string of the molecule is C=CCC(C)C(=O)On1ccnc1. The zero-order valence-electron chi connectivity index (χ0n) is 7.51. The van der Waals surface area contributed by atoms with Gasteiger partial charge >= 0.3 is 5.97 Å². The van der Waals surface area contributed by atoms with Gasteiger partial charge in [0.1, 0.15) is 6.33 Å². The highest BCUT2D eigenvalue weighted by Gasteiger charge is 2.13. The van der Waals surface area contributed by atoms with Gasteiger partial charge < -0.3 is 4.84 Å². The van der Waals surface area contributed by atoms with Crippen LogP contribution in [0.3, 0.4) is 0 Å². The minimum Gasteiger partial charge on any atom is -0.335 e. The van der Waals surface area contributed by atoms with Gasteiger partial charge in [-0.3, -0.25) is 0 Å². The molecule has 4 heteroatoms. The van der Waals surface area contributed by atoms with Crippen LogP contribution >= 0.6 is 0 Å². The summed E-state index contributed by atoms with van der Waals surface area (Å²) in [5.41, 5.74) is 0. The van der Waals surface area contributed by atoms with Gasteiger partial charge in [0, 0.05) is 6.20 Å². The highest BCUT2D eigenvalue weighted by atomic mass is 16.7. The molecule has 0 aromatic carbocycles. The summed E-state index contributed by atoms with van der Waals surface area (Å²) in [6.45, 7) is 5.35. The highest BCUT2D eigenvalue weighted by molar-refractivity contribution is 5.72. The summed E-state index contributed by atoms with van der Waals surface area (Å²) in [6, 6.07) is 0. The topological polar surface area (TPSA) is 44.1 Å². The van der Waals surface area contributed by atoms with Crippen molar-refractivity contribution in [3.8, 4) is 0 Å². The summed E-state index contributed by atoms with van der Waals surface area (Å²) < 4.78 is 1.28. The molecule has 0 spiro atoms. The molecule has 1 heterocycles. The molecule has 4 nitrogen and oxygen atoms in total. The molecule has 0 N–H and O–H groups in total. The Balaban J connectivity index is 2.45. The maximum absolute atomic E-state index is 11.3. The van der Waals surface area contributed by atoms with E-state index in [0.717, 1.165) is 0 Å². The lowest BCUT2D eigenvalue weighted by molar-refractivity contribution is -0.148. The first-order valence-corrected chi connectivity index (χ1v) is 4.05. The predicted molar refractivity (Wildman–Crippen MR) is 47.8 cm³/mol. The maximum Gasteiger partial charge on any atom is 0.336 e. The predicted octanol–water partition coefficient (Wildman–Crippen LogP) is 1.05. The van der Waals surface area contributed by atoms with Crippen LogP contribution in [0.15, 0.2) is 31.4 Å². The van der Waals surface area contributed by atoms with Gasteiger partial charge in [-0.05, 0) is 6.42 Å². The lowest BCUT2D eigenvalue weighted by Gasteiger charge is -2.07. The van der Waals surface area contributed by atoms with E-state index < -0.39 is 0 Å². The molecule has 0 saturated carbocycles. The minimum absolute atomic E-state index is 0.167. The van der Waals surface area contributed by atoms with Crippen molar-refractivity contribution in [2.24, 2.45) is 5.92 Å². The first-order chi connectivity index (χ1) is 6.24. The van der Waals surface area contributed by atoms with E-state index in [0.29, 0.717) is 6.42 Å². The molecule has 0 aliphatic heterocycles. The molecule has 0 saturated heterocycles. The van der Waals surface area contributed by atoms with Crippen LogP contribution in [0.2, 0.25) is 0 Å². The monoisotopic (exact) mass is 180 g/mol. The second-order valence-corrected chi connectivity index (χ2v) is 2.76. The molecular weight excluding hydrogens is 168 g/mol. The Labute approximate surface area is 76.8 Å². The molecule has 0 radical (unpaired) electrons. The molecule has 1 aromatic heterocycles. The number of rotatable bonds is 4. The fraction of sp³-hybridized carbons (Fsp3) is 0.333. The van der Waals surface area contributed by atoms with E-state index >= 15 is 0 Å². The van der Waals surface area contributed by atoms with E-state index in [1.165, 1.54) is 11.1 Å². The second-order valence-electron chi connectivity index (χ2n) is 2.76. The molecule has 0 aliphatic rings. The molecule has 0 amide bonds. The van der Waals surface area contributed by atoms with E-state index in [-0.39, 0.29) is 11.9 Å². The Hall–Kier alpha value is -1.58. The van der Waals surface area contributed by atoms with E-state index in [1.807, 2.05) is 0 Å². The number of allylic oxidation sites excluding steroid dienone is 1. The third-order valence-corrected chi connectivity index (χ3v) is 1.60. The highest BCUT2D eigenvalue weighted by Crippen LogP contribution is 2.02. The van der Waals surface area contributed by atoms with Gasteiger partial charge in [-0.2, -0.15) is 4.73 Å². The van der Waals surface area contributed by atoms with Crippen molar-refractivity contribution in [2.75, 3.05) is 0 Å². The zero-order chi connectivity index (χ0) is 9.68. The van der Waals surface area contributed by atoms with Gasteiger partial charge in [0.25, 0.3) is 0 Å². The van der Waals surface area contributed by atoms with Crippen molar-refractivity contribution in [3.05, 3.63) is 31.4 Å². The largest absolute Gasteiger partial charge is 0.336 e. The fourth-order valence-corrected chi connectivity index (χ4v) is 0.841. The summed E-state index contributed by atoms with van der Waals surface area (Å²) >= 11 is 0. The number of carbonyl (C=O) groups is 1. The summed E-state index contributed by atoms with van der Waals surface area (Å²) in [7, 11) is 0. The van der Waals surface area contributed by atoms with Crippen molar-refractivity contribution >= 4 is 5.97 Å². The summed E-state index contributed by atoms with van der Waals surface area (Å²) in [4.78, 5) is 20.0. The first-order valence-electron chi connectivity index (χ1n) is 4.05. The van der Waals surface area contributed by atoms with Crippen molar-refractivity contribution in [1.82, 2.24) is 9.71 Å². The third-order valence-electron chi connectivity index (χ3n) is 1.60. The molecule has 0 aliphatic carbocycles. The Morgan fingerprint density at radius 2 is 2.62 bits per heavy atom. The summed E-state index contributed by atoms with van der Waals surface area (Å²) in [6.07, 6.45) is 6.86. The van der Waals surface area contributed by atoms with Gasteiger partial charge in [0.15, 0.2) is 0 Å². The standard InChI is InChI=1S/C9H12N2O2/c1-3-4-8(2)9(12)13-11-6-5-10-7-11/h3,5-8H,1,4H2,2H3. The molecule has 0 fully saturated rings. The summed E-state index contributed by atoms with van der Waals surface area (Å²) in [5.74, 6) is -0.446. The Morgan fingerprint density at radius 3 is 3.15 bits per heavy atom. The van der Waals surface area contributed by atoms with E-state index in [1.54, 1.807) is 25.4 Å². The lowest BCUT2D eigenvalue weighted by Crippen LogP contribution is -2.24. The van der Waals surface area contributed by atoms with Crippen LogP contribution in [-0.2, 0) is 4.79 Å².